The van der Waals surface area contributed by atoms with Crippen molar-refractivity contribution in [3.63, 3.8) is 0 Å². The largest absolute Gasteiger partial charge is 0.481 e. The Balaban J connectivity index is 2.74. The van der Waals surface area contributed by atoms with Gasteiger partial charge in [-0.05, 0) is 27.7 Å². The van der Waals surface area contributed by atoms with Gasteiger partial charge in [-0.25, -0.2) is 0 Å². The van der Waals surface area contributed by atoms with Gasteiger partial charge in [0.2, 0.25) is 11.8 Å². The van der Waals surface area contributed by atoms with E-state index >= 15 is 0 Å². The summed E-state index contributed by atoms with van der Waals surface area (Å²) in [6.07, 6.45) is 0.162. The lowest BCUT2D eigenvalue weighted by Gasteiger charge is -2.39. The summed E-state index contributed by atoms with van der Waals surface area (Å²) in [6, 6.07) is 0. The van der Waals surface area contributed by atoms with E-state index in [1.807, 2.05) is 0 Å². The average molecular weight is 256 g/mol. The van der Waals surface area contributed by atoms with Crippen LogP contribution < -0.4 is 10.6 Å². The third kappa shape index (κ3) is 2.63. The van der Waals surface area contributed by atoms with Gasteiger partial charge in [0.1, 0.15) is 0 Å². The Morgan fingerprint density at radius 3 is 2.28 bits per heavy atom. The second-order valence-electron chi connectivity index (χ2n) is 5.75. The van der Waals surface area contributed by atoms with E-state index in [2.05, 4.69) is 10.6 Å². The molecule has 1 atom stereocenters. The Morgan fingerprint density at radius 1 is 1.33 bits per heavy atom. The summed E-state index contributed by atoms with van der Waals surface area (Å²) in [5.41, 5.74) is -2.00. The molecule has 0 aromatic heterocycles. The summed E-state index contributed by atoms with van der Waals surface area (Å²) >= 11 is 0. The number of hydrogen-bond acceptors (Lipinski definition) is 3. The van der Waals surface area contributed by atoms with Crippen molar-refractivity contribution in [2.75, 3.05) is 6.54 Å². The first-order chi connectivity index (χ1) is 8.08. The quantitative estimate of drug-likeness (QED) is 0.666. The van der Waals surface area contributed by atoms with Crippen molar-refractivity contribution >= 4 is 17.8 Å². The lowest BCUT2D eigenvalue weighted by atomic mass is 9.74. The number of amides is 2. The molecule has 6 nitrogen and oxygen atoms in total. The van der Waals surface area contributed by atoms with Crippen LogP contribution >= 0.6 is 0 Å². The lowest BCUT2D eigenvalue weighted by molar-refractivity contribution is -0.152. The molecule has 0 saturated carbocycles. The molecule has 2 amide bonds. The van der Waals surface area contributed by atoms with Crippen LogP contribution in [0.4, 0.5) is 0 Å². The molecule has 0 aromatic carbocycles. The molecule has 0 aromatic rings. The van der Waals surface area contributed by atoms with Gasteiger partial charge in [-0.2, -0.15) is 0 Å². The van der Waals surface area contributed by atoms with E-state index in [4.69, 9.17) is 0 Å². The minimum atomic E-state index is -1.10. The van der Waals surface area contributed by atoms with Crippen molar-refractivity contribution in [1.82, 2.24) is 10.6 Å². The highest BCUT2D eigenvalue weighted by molar-refractivity contribution is 5.90. The van der Waals surface area contributed by atoms with Crippen molar-refractivity contribution in [3.8, 4) is 0 Å². The summed E-state index contributed by atoms with van der Waals surface area (Å²) < 4.78 is 0. The van der Waals surface area contributed by atoms with Crippen molar-refractivity contribution in [3.05, 3.63) is 0 Å². The van der Waals surface area contributed by atoms with Crippen LogP contribution in [0.1, 0.15) is 34.1 Å². The molecule has 102 valence electrons. The zero-order chi connectivity index (χ0) is 14.1. The molecule has 1 aliphatic heterocycles. The Kier molecular flexibility index (Phi) is 3.69. The molecule has 1 unspecified atom stereocenters. The highest BCUT2D eigenvalue weighted by atomic mass is 16.4. The summed E-state index contributed by atoms with van der Waals surface area (Å²) in [4.78, 5) is 34.2. The Labute approximate surface area is 106 Å². The van der Waals surface area contributed by atoms with Crippen molar-refractivity contribution < 1.29 is 19.5 Å². The van der Waals surface area contributed by atoms with Crippen LogP contribution in [0.5, 0.6) is 0 Å². The molecule has 3 N–H and O–H groups in total. The molecular formula is C12H20N2O4. The zero-order valence-electron chi connectivity index (χ0n) is 11.2. The molecule has 1 rings (SSSR count). The van der Waals surface area contributed by atoms with Crippen LogP contribution in [0.15, 0.2) is 0 Å². The monoisotopic (exact) mass is 256 g/mol. The fourth-order valence-corrected chi connectivity index (χ4v) is 1.62. The Morgan fingerprint density at radius 2 is 1.89 bits per heavy atom. The second kappa shape index (κ2) is 4.59. The SMILES string of the molecule is CC(C)(NC(=O)C1CNC(=O)C1)C(C)(C)C(=O)O. The molecule has 0 spiro atoms. The van der Waals surface area contributed by atoms with Crippen molar-refractivity contribution in [2.24, 2.45) is 11.3 Å². The summed E-state index contributed by atoms with van der Waals surface area (Å²) in [6.45, 7) is 6.78. The van der Waals surface area contributed by atoms with E-state index in [0.717, 1.165) is 0 Å². The third-order valence-corrected chi connectivity index (χ3v) is 3.88. The predicted molar refractivity (Wildman–Crippen MR) is 64.8 cm³/mol. The van der Waals surface area contributed by atoms with Gasteiger partial charge >= 0.3 is 5.97 Å². The fraction of sp³-hybridized carbons (Fsp3) is 0.750. The van der Waals surface area contributed by atoms with Crippen LogP contribution in [0.25, 0.3) is 0 Å². The van der Waals surface area contributed by atoms with E-state index in [0.29, 0.717) is 6.54 Å². The summed E-state index contributed by atoms with van der Waals surface area (Å²) in [5.74, 6) is -1.83. The molecule has 6 heteroatoms. The molecule has 0 bridgehead atoms. The van der Waals surface area contributed by atoms with Gasteiger partial charge in [0.15, 0.2) is 0 Å². The average Bonchev–Trinajstić information content (AvgIpc) is 2.63. The summed E-state index contributed by atoms with van der Waals surface area (Å²) in [7, 11) is 0. The number of aliphatic carboxylic acids is 1. The number of carboxylic acid groups (broad SMARTS) is 1. The maximum absolute atomic E-state index is 12.0. The van der Waals surface area contributed by atoms with Crippen LogP contribution in [-0.4, -0.2) is 35.0 Å². The minimum Gasteiger partial charge on any atom is -0.481 e. The molecule has 1 fully saturated rings. The third-order valence-electron chi connectivity index (χ3n) is 3.88. The van der Waals surface area contributed by atoms with Crippen LogP contribution in [0.3, 0.4) is 0 Å². The summed E-state index contributed by atoms with van der Waals surface area (Å²) in [5, 5.41) is 14.5. The molecule has 18 heavy (non-hydrogen) atoms. The molecule has 1 heterocycles. The Bertz CT molecular complexity index is 388. The van der Waals surface area contributed by atoms with E-state index < -0.39 is 22.8 Å². The normalized spacial score (nSPS) is 20.4. The van der Waals surface area contributed by atoms with Crippen LogP contribution in [0, 0.1) is 11.3 Å². The van der Waals surface area contributed by atoms with Crippen molar-refractivity contribution in [2.45, 2.75) is 39.7 Å². The predicted octanol–water partition coefficient (Wildman–Crippen LogP) is 0.128. The zero-order valence-corrected chi connectivity index (χ0v) is 11.2. The number of carbonyl (C=O) groups is 3. The number of nitrogens with one attached hydrogen (secondary N) is 2. The fourth-order valence-electron chi connectivity index (χ4n) is 1.62. The van der Waals surface area contributed by atoms with Gasteiger partial charge in [0, 0.05) is 18.5 Å². The van der Waals surface area contributed by atoms with E-state index in [1.54, 1.807) is 27.7 Å². The standard InChI is InChI=1S/C12H20N2O4/c1-11(2,10(17)18)12(3,4)14-9(16)7-5-8(15)13-6-7/h7H,5-6H2,1-4H3,(H,13,15)(H,14,16)(H,17,18). The van der Waals surface area contributed by atoms with E-state index in [9.17, 15) is 19.5 Å². The van der Waals surface area contributed by atoms with Gasteiger partial charge < -0.3 is 15.7 Å². The smallest absolute Gasteiger partial charge is 0.311 e. The minimum absolute atomic E-state index is 0.148. The van der Waals surface area contributed by atoms with Gasteiger partial charge in [0.05, 0.1) is 11.3 Å². The molecular weight excluding hydrogens is 236 g/mol. The van der Waals surface area contributed by atoms with Crippen LogP contribution in [0.2, 0.25) is 0 Å². The van der Waals surface area contributed by atoms with Gasteiger partial charge in [-0.15, -0.1) is 0 Å². The molecule has 1 aliphatic rings. The second-order valence-corrected chi connectivity index (χ2v) is 5.75. The molecule has 0 aliphatic carbocycles. The maximum atomic E-state index is 12.0. The van der Waals surface area contributed by atoms with E-state index in [1.165, 1.54) is 0 Å². The van der Waals surface area contributed by atoms with Gasteiger partial charge in [-0.1, -0.05) is 0 Å². The van der Waals surface area contributed by atoms with Crippen molar-refractivity contribution in [1.29, 1.82) is 0 Å². The maximum Gasteiger partial charge on any atom is 0.311 e. The number of carboxylic acids is 1. The first kappa shape index (κ1) is 14.5. The Hall–Kier alpha value is -1.59. The lowest BCUT2D eigenvalue weighted by Crippen LogP contribution is -2.58. The first-order valence-corrected chi connectivity index (χ1v) is 5.90. The highest BCUT2D eigenvalue weighted by Crippen LogP contribution is 2.31. The molecule has 1 saturated heterocycles. The van der Waals surface area contributed by atoms with Gasteiger partial charge in [0.25, 0.3) is 0 Å². The topological polar surface area (TPSA) is 95.5 Å². The van der Waals surface area contributed by atoms with E-state index in [-0.39, 0.29) is 18.2 Å². The number of rotatable bonds is 4. The first-order valence-electron chi connectivity index (χ1n) is 5.90. The number of hydrogen-bond donors (Lipinski definition) is 3. The molecule has 0 radical (unpaired) electrons. The van der Waals surface area contributed by atoms with Crippen LogP contribution in [-0.2, 0) is 14.4 Å². The van der Waals surface area contributed by atoms with Gasteiger partial charge in [-0.3, -0.25) is 14.4 Å². The number of carbonyl (C=O) groups excluding carboxylic acids is 2. The highest BCUT2D eigenvalue weighted by Gasteiger charge is 2.45.